The lowest BCUT2D eigenvalue weighted by Crippen LogP contribution is -2.18. The number of carbonyl (C=O) groups is 1. The maximum atomic E-state index is 12.9. The third-order valence-electron chi connectivity index (χ3n) is 5.43. The van der Waals surface area contributed by atoms with Crippen LogP contribution in [0.4, 0.5) is 0 Å². The van der Waals surface area contributed by atoms with E-state index in [2.05, 4.69) is 56.1 Å². The average Bonchev–Trinajstić information content (AvgIpc) is 3.33. The van der Waals surface area contributed by atoms with Gasteiger partial charge in [0.1, 0.15) is 5.03 Å². The fraction of sp³-hybridized carbons (Fsp3) is 0.407. The molecule has 5 heteroatoms. The highest BCUT2D eigenvalue weighted by molar-refractivity contribution is 7.99. The predicted molar refractivity (Wildman–Crippen MR) is 138 cm³/mol. The Hall–Kier alpha value is -1.95. The van der Waals surface area contributed by atoms with Gasteiger partial charge in [0.2, 0.25) is 5.78 Å². The molecule has 0 radical (unpaired) electrons. The van der Waals surface area contributed by atoms with Crippen molar-refractivity contribution in [3.63, 3.8) is 0 Å². The number of unbranched alkanes of at least 4 members (excludes halogenated alkanes) is 3. The third-order valence-corrected chi connectivity index (χ3v) is 7.38. The Balaban J connectivity index is 1.43. The van der Waals surface area contributed by atoms with Gasteiger partial charge in [0.05, 0.1) is 10.4 Å². The van der Waals surface area contributed by atoms with Crippen molar-refractivity contribution >= 4 is 28.9 Å². The first-order chi connectivity index (χ1) is 15.5. The van der Waals surface area contributed by atoms with Crippen LogP contribution in [0.1, 0.15) is 71.9 Å². The lowest BCUT2D eigenvalue weighted by molar-refractivity contribution is 0.103. The number of pyridine rings is 1. The van der Waals surface area contributed by atoms with Gasteiger partial charge in [0.15, 0.2) is 0 Å². The van der Waals surface area contributed by atoms with Gasteiger partial charge in [-0.1, -0.05) is 63.1 Å². The zero-order valence-electron chi connectivity index (χ0n) is 19.4. The predicted octanol–water partition coefficient (Wildman–Crippen LogP) is 7.28. The van der Waals surface area contributed by atoms with Crippen molar-refractivity contribution in [3.05, 3.63) is 81.7 Å². The Morgan fingerprint density at radius 1 is 1.00 bits per heavy atom. The summed E-state index contributed by atoms with van der Waals surface area (Å²) in [6, 6.07) is 18.4. The van der Waals surface area contributed by atoms with Crippen molar-refractivity contribution in [2.24, 2.45) is 0 Å². The molecule has 2 aromatic heterocycles. The summed E-state index contributed by atoms with van der Waals surface area (Å²) in [7, 11) is 2.20. The van der Waals surface area contributed by atoms with Gasteiger partial charge < -0.3 is 4.90 Å². The Kier molecular flexibility index (Phi) is 9.97. The summed E-state index contributed by atoms with van der Waals surface area (Å²) in [4.78, 5) is 21.0. The van der Waals surface area contributed by atoms with Gasteiger partial charge in [-0.2, -0.15) is 0 Å². The number of aromatic nitrogens is 1. The third kappa shape index (κ3) is 7.58. The number of rotatable bonds is 13. The van der Waals surface area contributed by atoms with Crippen molar-refractivity contribution < 1.29 is 4.79 Å². The largest absolute Gasteiger partial charge is 0.302 e. The minimum atomic E-state index is 0.0896. The van der Waals surface area contributed by atoms with Gasteiger partial charge in [-0.05, 0) is 67.2 Å². The van der Waals surface area contributed by atoms with E-state index >= 15 is 0 Å². The van der Waals surface area contributed by atoms with E-state index in [9.17, 15) is 4.79 Å². The first kappa shape index (κ1) is 24.7. The SMILES string of the molecule is CC(C)c1ccc(C(=O)c2cccs2)c(SCCCCCCN(C)Cc2ccccc2)n1. The van der Waals surface area contributed by atoms with E-state index in [1.807, 2.05) is 29.6 Å². The zero-order valence-corrected chi connectivity index (χ0v) is 21.1. The van der Waals surface area contributed by atoms with E-state index in [4.69, 9.17) is 4.98 Å². The van der Waals surface area contributed by atoms with Crippen LogP contribution in [0.15, 0.2) is 65.0 Å². The Morgan fingerprint density at radius 2 is 1.78 bits per heavy atom. The van der Waals surface area contributed by atoms with Crippen LogP contribution < -0.4 is 0 Å². The van der Waals surface area contributed by atoms with Gasteiger partial charge >= 0.3 is 0 Å². The average molecular weight is 467 g/mol. The summed E-state index contributed by atoms with van der Waals surface area (Å²) >= 11 is 3.23. The van der Waals surface area contributed by atoms with Crippen molar-refractivity contribution in [3.8, 4) is 0 Å². The molecule has 0 aliphatic rings. The van der Waals surface area contributed by atoms with Gasteiger partial charge in [-0.25, -0.2) is 4.98 Å². The minimum Gasteiger partial charge on any atom is -0.302 e. The summed E-state index contributed by atoms with van der Waals surface area (Å²) < 4.78 is 0. The molecule has 3 aromatic rings. The quantitative estimate of drug-likeness (QED) is 0.150. The van der Waals surface area contributed by atoms with Crippen molar-refractivity contribution in [1.29, 1.82) is 0 Å². The zero-order chi connectivity index (χ0) is 22.8. The second kappa shape index (κ2) is 12.9. The molecular formula is C27H34N2OS2. The van der Waals surface area contributed by atoms with Gasteiger partial charge in [-0.3, -0.25) is 4.79 Å². The van der Waals surface area contributed by atoms with Gasteiger partial charge in [-0.15, -0.1) is 23.1 Å². The molecule has 0 saturated heterocycles. The fourth-order valence-electron chi connectivity index (χ4n) is 3.58. The molecule has 1 aromatic carbocycles. The second-order valence-electron chi connectivity index (χ2n) is 8.54. The normalized spacial score (nSPS) is 11.4. The first-order valence-electron chi connectivity index (χ1n) is 11.5. The minimum absolute atomic E-state index is 0.0896. The molecule has 0 aliphatic heterocycles. The maximum Gasteiger partial charge on any atom is 0.205 e. The van der Waals surface area contributed by atoms with Crippen LogP contribution in [-0.4, -0.2) is 35.0 Å². The lowest BCUT2D eigenvalue weighted by Gasteiger charge is -2.16. The molecule has 0 bridgehead atoms. The summed E-state index contributed by atoms with van der Waals surface area (Å²) in [6.07, 6.45) is 4.81. The second-order valence-corrected chi connectivity index (χ2v) is 10.6. The maximum absolute atomic E-state index is 12.9. The highest BCUT2D eigenvalue weighted by Crippen LogP contribution is 2.28. The summed E-state index contributed by atoms with van der Waals surface area (Å²) in [5, 5.41) is 2.84. The van der Waals surface area contributed by atoms with E-state index in [0.29, 0.717) is 5.92 Å². The molecule has 0 unspecified atom stereocenters. The Bertz CT molecular complexity index is 955. The van der Waals surface area contributed by atoms with Gasteiger partial charge in [0, 0.05) is 12.2 Å². The van der Waals surface area contributed by atoms with Crippen LogP contribution in [0.2, 0.25) is 0 Å². The number of thioether (sulfide) groups is 1. The van der Waals surface area contributed by atoms with Crippen molar-refractivity contribution in [2.45, 2.75) is 57.0 Å². The molecule has 32 heavy (non-hydrogen) atoms. The Morgan fingerprint density at radius 3 is 2.50 bits per heavy atom. The molecule has 0 spiro atoms. The van der Waals surface area contributed by atoms with E-state index in [-0.39, 0.29) is 5.78 Å². The molecule has 0 fully saturated rings. The standard InChI is InChI=1S/C27H34N2OS2/c1-21(2)24-16-15-23(26(30)25-14-11-19-31-25)27(28-24)32-18-10-5-4-9-17-29(3)20-22-12-7-6-8-13-22/h6-8,11-16,19,21H,4-5,9-10,17-18,20H2,1-3H3. The van der Waals surface area contributed by atoms with Crippen LogP contribution in [0, 0.1) is 0 Å². The van der Waals surface area contributed by atoms with E-state index in [0.717, 1.165) is 46.4 Å². The smallest absolute Gasteiger partial charge is 0.205 e. The lowest BCUT2D eigenvalue weighted by atomic mass is 10.1. The molecule has 3 rings (SSSR count). The summed E-state index contributed by atoms with van der Waals surface area (Å²) in [5.41, 5.74) is 3.16. The van der Waals surface area contributed by atoms with E-state index in [1.54, 1.807) is 11.8 Å². The first-order valence-corrected chi connectivity index (χ1v) is 13.4. The van der Waals surface area contributed by atoms with Crippen LogP contribution in [0.3, 0.4) is 0 Å². The number of nitrogens with zero attached hydrogens (tertiary/aromatic N) is 2. The molecule has 0 aliphatic carbocycles. The highest BCUT2D eigenvalue weighted by Gasteiger charge is 2.17. The van der Waals surface area contributed by atoms with Crippen molar-refractivity contribution in [1.82, 2.24) is 9.88 Å². The van der Waals surface area contributed by atoms with Crippen LogP contribution in [0.25, 0.3) is 0 Å². The van der Waals surface area contributed by atoms with Gasteiger partial charge in [0.25, 0.3) is 0 Å². The van der Waals surface area contributed by atoms with Crippen LogP contribution in [-0.2, 0) is 6.54 Å². The summed E-state index contributed by atoms with van der Waals surface area (Å²) in [5.74, 6) is 1.44. The van der Waals surface area contributed by atoms with Crippen molar-refractivity contribution in [2.75, 3.05) is 19.3 Å². The van der Waals surface area contributed by atoms with E-state index in [1.165, 1.54) is 36.2 Å². The van der Waals surface area contributed by atoms with E-state index < -0.39 is 0 Å². The van der Waals surface area contributed by atoms with Crippen LogP contribution in [0.5, 0.6) is 0 Å². The number of thiophene rings is 1. The molecule has 0 saturated carbocycles. The summed E-state index contributed by atoms with van der Waals surface area (Å²) in [6.45, 7) is 6.42. The number of benzene rings is 1. The molecule has 0 N–H and O–H groups in total. The molecular weight excluding hydrogens is 432 g/mol. The van der Waals surface area contributed by atoms with Crippen LogP contribution >= 0.6 is 23.1 Å². The molecule has 170 valence electrons. The molecule has 3 nitrogen and oxygen atoms in total. The monoisotopic (exact) mass is 466 g/mol. The number of hydrogen-bond donors (Lipinski definition) is 0. The molecule has 0 atom stereocenters. The molecule has 0 amide bonds. The fourth-order valence-corrected chi connectivity index (χ4v) is 5.29. The number of ketones is 1. The number of hydrogen-bond acceptors (Lipinski definition) is 5. The highest BCUT2D eigenvalue weighted by atomic mass is 32.2. The molecule has 2 heterocycles. The Labute approximate surface area is 201 Å². The topological polar surface area (TPSA) is 33.2 Å². The number of carbonyl (C=O) groups excluding carboxylic acids is 1.